The number of hydrogen-bond donors (Lipinski definition) is 2. The van der Waals surface area contributed by atoms with Crippen molar-refractivity contribution in [3.05, 3.63) is 28.8 Å². The van der Waals surface area contributed by atoms with Gasteiger partial charge in [-0.25, -0.2) is 0 Å². The predicted molar refractivity (Wildman–Crippen MR) is 75.2 cm³/mol. The summed E-state index contributed by atoms with van der Waals surface area (Å²) < 4.78 is 0. The zero-order valence-electron chi connectivity index (χ0n) is 10.8. The van der Waals surface area contributed by atoms with Crippen molar-refractivity contribution in [3.8, 4) is 0 Å². The fraction of sp³-hybridized carbons (Fsp3) is 0.429. The molecule has 102 valence electrons. The number of carbonyl (C=O) groups is 2. The Hall–Kier alpha value is -1.55. The maximum absolute atomic E-state index is 11.7. The van der Waals surface area contributed by atoms with Crippen molar-refractivity contribution in [2.75, 3.05) is 11.9 Å². The molecule has 0 radical (unpaired) electrons. The monoisotopic (exact) mass is 280 g/mol. The van der Waals surface area contributed by atoms with Gasteiger partial charge in [0, 0.05) is 16.6 Å². The summed E-state index contributed by atoms with van der Waals surface area (Å²) >= 11 is 5.87. The van der Waals surface area contributed by atoms with Crippen LogP contribution in [0.1, 0.15) is 24.8 Å². The first-order valence-corrected chi connectivity index (χ1v) is 6.78. The van der Waals surface area contributed by atoms with Crippen LogP contribution in [0.4, 0.5) is 5.69 Å². The second-order valence-electron chi connectivity index (χ2n) is 4.85. The van der Waals surface area contributed by atoms with Crippen molar-refractivity contribution < 1.29 is 9.59 Å². The molecule has 1 saturated carbocycles. The number of hydrogen-bond acceptors (Lipinski definition) is 2. The molecule has 2 N–H and O–H groups in total. The van der Waals surface area contributed by atoms with E-state index < -0.39 is 0 Å². The number of halogens is 1. The number of nitrogens with one attached hydrogen (secondary N) is 2. The van der Waals surface area contributed by atoms with E-state index in [0.717, 1.165) is 24.8 Å². The van der Waals surface area contributed by atoms with E-state index in [-0.39, 0.29) is 24.3 Å². The van der Waals surface area contributed by atoms with Crippen molar-refractivity contribution in [1.82, 2.24) is 5.32 Å². The SMILES string of the molecule is Cc1ccc(Cl)cc1NC(=O)CNC(=O)C1CCC1. The average molecular weight is 281 g/mol. The Bertz CT molecular complexity index is 498. The summed E-state index contributed by atoms with van der Waals surface area (Å²) in [5.41, 5.74) is 1.61. The molecule has 2 rings (SSSR count). The maximum atomic E-state index is 11.7. The second kappa shape index (κ2) is 6.06. The smallest absolute Gasteiger partial charge is 0.243 e. The molecule has 0 aliphatic heterocycles. The first-order chi connectivity index (χ1) is 9.06. The normalized spacial score (nSPS) is 14.6. The molecule has 1 aliphatic carbocycles. The summed E-state index contributed by atoms with van der Waals surface area (Å²) in [7, 11) is 0. The first-order valence-electron chi connectivity index (χ1n) is 6.40. The lowest BCUT2D eigenvalue weighted by Gasteiger charge is -2.23. The highest BCUT2D eigenvalue weighted by Crippen LogP contribution is 2.26. The van der Waals surface area contributed by atoms with Crippen LogP contribution in [0.5, 0.6) is 0 Å². The fourth-order valence-corrected chi connectivity index (χ4v) is 2.08. The van der Waals surface area contributed by atoms with E-state index in [4.69, 9.17) is 11.6 Å². The van der Waals surface area contributed by atoms with Gasteiger partial charge in [0.2, 0.25) is 11.8 Å². The Balaban J connectivity index is 1.83. The summed E-state index contributed by atoms with van der Waals surface area (Å²) in [6.45, 7) is 1.89. The largest absolute Gasteiger partial charge is 0.347 e. The molecule has 1 aromatic carbocycles. The van der Waals surface area contributed by atoms with E-state index in [1.165, 1.54) is 0 Å². The number of amides is 2. The lowest BCUT2D eigenvalue weighted by molar-refractivity contribution is -0.129. The van der Waals surface area contributed by atoms with E-state index in [1.807, 2.05) is 13.0 Å². The van der Waals surface area contributed by atoms with Gasteiger partial charge in [0.05, 0.1) is 6.54 Å². The van der Waals surface area contributed by atoms with Gasteiger partial charge in [0.15, 0.2) is 0 Å². The molecule has 4 nitrogen and oxygen atoms in total. The first kappa shape index (κ1) is 13.9. The quantitative estimate of drug-likeness (QED) is 0.890. The molecule has 19 heavy (non-hydrogen) atoms. The topological polar surface area (TPSA) is 58.2 Å². The minimum Gasteiger partial charge on any atom is -0.347 e. The highest BCUT2D eigenvalue weighted by atomic mass is 35.5. The standard InChI is InChI=1S/C14H17ClN2O2/c1-9-5-6-11(15)7-12(9)17-13(18)8-16-14(19)10-3-2-4-10/h5-7,10H,2-4,8H2,1H3,(H,16,19)(H,17,18). The molecular formula is C14H17ClN2O2. The molecule has 1 aliphatic rings. The predicted octanol–water partition coefficient (Wildman–Crippen LogP) is 2.50. The van der Waals surface area contributed by atoms with Gasteiger partial charge >= 0.3 is 0 Å². The molecule has 0 aromatic heterocycles. The van der Waals surface area contributed by atoms with Crippen molar-refractivity contribution in [3.63, 3.8) is 0 Å². The highest BCUT2D eigenvalue weighted by Gasteiger charge is 2.25. The second-order valence-corrected chi connectivity index (χ2v) is 5.29. The molecule has 0 bridgehead atoms. The van der Waals surface area contributed by atoms with Crippen LogP contribution in [0.15, 0.2) is 18.2 Å². The minimum absolute atomic E-state index is 0.00128. The number of rotatable bonds is 4. The molecular weight excluding hydrogens is 264 g/mol. The van der Waals surface area contributed by atoms with E-state index >= 15 is 0 Å². The van der Waals surface area contributed by atoms with Gasteiger partial charge in [0.1, 0.15) is 0 Å². The Morgan fingerprint density at radius 2 is 2.11 bits per heavy atom. The molecule has 1 aromatic rings. The molecule has 1 fully saturated rings. The Kier molecular flexibility index (Phi) is 4.43. The summed E-state index contributed by atoms with van der Waals surface area (Å²) in [4.78, 5) is 23.3. The molecule has 0 atom stereocenters. The van der Waals surface area contributed by atoms with E-state index in [1.54, 1.807) is 12.1 Å². The molecule has 0 saturated heterocycles. The third-order valence-corrected chi connectivity index (χ3v) is 3.61. The van der Waals surface area contributed by atoms with Crippen LogP contribution in [0, 0.1) is 12.8 Å². The van der Waals surface area contributed by atoms with Crippen molar-refractivity contribution in [1.29, 1.82) is 0 Å². The third-order valence-electron chi connectivity index (χ3n) is 3.37. The molecule has 0 spiro atoms. The Morgan fingerprint density at radius 3 is 2.74 bits per heavy atom. The summed E-state index contributed by atoms with van der Waals surface area (Å²) in [5.74, 6) is -0.164. The van der Waals surface area contributed by atoms with Crippen LogP contribution in [-0.4, -0.2) is 18.4 Å². The minimum atomic E-state index is -0.238. The lowest BCUT2D eigenvalue weighted by atomic mass is 9.85. The summed E-state index contributed by atoms with van der Waals surface area (Å²) in [6, 6.07) is 5.30. The highest BCUT2D eigenvalue weighted by molar-refractivity contribution is 6.31. The van der Waals surface area contributed by atoms with Crippen LogP contribution in [0.3, 0.4) is 0 Å². The summed E-state index contributed by atoms with van der Waals surface area (Å²) in [6.07, 6.45) is 2.97. The van der Waals surface area contributed by atoms with Crippen LogP contribution >= 0.6 is 11.6 Å². The van der Waals surface area contributed by atoms with Crippen LogP contribution in [0.2, 0.25) is 5.02 Å². The molecule has 0 heterocycles. The third kappa shape index (κ3) is 3.70. The molecule has 5 heteroatoms. The Labute approximate surface area is 117 Å². The van der Waals surface area contributed by atoms with E-state index in [0.29, 0.717) is 10.7 Å². The van der Waals surface area contributed by atoms with Crippen LogP contribution in [0.25, 0.3) is 0 Å². The number of anilines is 1. The van der Waals surface area contributed by atoms with E-state index in [2.05, 4.69) is 10.6 Å². The van der Waals surface area contributed by atoms with Gasteiger partial charge in [-0.05, 0) is 37.5 Å². The van der Waals surface area contributed by atoms with Gasteiger partial charge in [-0.2, -0.15) is 0 Å². The van der Waals surface area contributed by atoms with Gasteiger partial charge in [-0.3, -0.25) is 9.59 Å². The zero-order valence-corrected chi connectivity index (χ0v) is 11.6. The van der Waals surface area contributed by atoms with Crippen molar-refractivity contribution in [2.45, 2.75) is 26.2 Å². The van der Waals surface area contributed by atoms with Crippen LogP contribution in [-0.2, 0) is 9.59 Å². The summed E-state index contributed by atoms with van der Waals surface area (Å²) in [5, 5.41) is 5.97. The van der Waals surface area contributed by atoms with Gasteiger partial charge < -0.3 is 10.6 Å². The Morgan fingerprint density at radius 1 is 1.37 bits per heavy atom. The average Bonchev–Trinajstić information content (AvgIpc) is 2.29. The van der Waals surface area contributed by atoms with Gasteiger partial charge in [-0.1, -0.05) is 24.1 Å². The molecule has 0 unspecified atom stereocenters. The fourth-order valence-electron chi connectivity index (χ4n) is 1.91. The van der Waals surface area contributed by atoms with Crippen molar-refractivity contribution in [2.24, 2.45) is 5.92 Å². The van der Waals surface area contributed by atoms with Gasteiger partial charge in [-0.15, -0.1) is 0 Å². The lowest BCUT2D eigenvalue weighted by Crippen LogP contribution is -2.39. The zero-order chi connectivity index (χ0) is 13.8. The number of carbonyl (C=O) groups excluding carboxylic acids is 2. The number of aryl methyl sites for hydroxylation is 1. The van der Waals surface area contributed by atoms with Gasteiger partial charge in [0.25, 0.3) is 0 Å². The maximum Gasteiger partial charge on any atom is 0.243 e. The van der Waals surface area contributed by atoms with E-state index in [9.17, 15) is 9.59 Å². The molecule has 2 amide bonds. The number of benzene rings is 1. The van der Waals surface area contributed by atoms with Crippen molar-refractivity contribution >= 4 is 29.1 Å². The van der Waals surface area contributed by atoms with Crippen LogP contribution < -0.4 is 10.6 Å².